The number of carbonyl (C=O) groups is 1. The molecule has 4 nitrogen and oxygen atoms in total. The van der Waals surface area contributed by atoms with Crippen LogP contribution in [0, 0.1) is 0 Å². The predicted octanol–water partition coefficient (Wildman–Crippen LogP) is 5.38. The number of nitrogens with one attached hydrogen (secondary N) is 1. The van der Waals surface area contributed by atoms with Crippen LogP contribution in [0.1, 0.15) is 42.6 Å². The molecule has 5 heteroatoms. The highest BCUT2D eigenvalue weighted by Gasteiger charge is 2.11. The maximum atomic E-state index is 12.6. The third-order valence-corrected chi connectivity index (χ3v) is 4.58. The van der Waals surface area contributed by atoms with Gasteiger partial charge in [-0.25, -0.2) is 0 Å². The number of hydrogen-bond acceptors (Lipinski definition) is 4. The number of anilines is 1. The van der Waals surface area contributed by atoms with Crippen LogP contribution in [0.4, 0.5) is 5.69 Å². The zero-order valence-electron chi connectivity index (χ0n) is 15.7. The van der Waals surface area contributed by atoms with Crippen molar-refractivity contribution in [1.82, 2.24) is 0 Å². The fraction of sp³-hybridized carbons (Fsp3) is 0.381. The Morgan fingerprint density at radius 1 is 1.15 bits per heavy atom. The van der Waals surface area contributed by atoms with E-state index in [1.54, 1.807) is 17.8 Å². The molecule has 0 heterocycles. The summed E-state index contributed by atoms with van der Waals surface area (Å²) in [5.74, 6) is 0.631. The first kappa shape index (κ1) is 20.3. The maximum absolute atomic E-state index is 12.6. The highest BCUT2D eigenvalue weighted by atomic mass is 32.2. The van der Waals surface area contributed by atoms with Crippen LogP contribution in [0.2, 0.25) is 0 Å². The molecule has 0 unspecified atom stereocenters. The Morgan fingerprint density at radius 2 is 2.00 bits per heavy atom. The summed E-state index contributed by atoms with van der Waals surface area (Å²) >= 11 is 1.64. The predicted molar refractivity (Wildman–Crippen MR) is 108 cm³/mol. The van der Waals surface area contributed by atoms with Crippen molar-refractivity contribution in [3.63, 3.8) is 0 Å². The number of thioether (sulfide) groups is 1. The molecule has 1 amide bonds. The van der Waals surface area contributed by atoms with Crippen molar-refractivity contribution in [2.24, 2.45) is 0 Å². The number of amides is 1. The van der Waals surface area contributed by atoms with Crippen molar-refractivity contribution in [3.05, 3.63) is 53.6 Å². The summed E-state index contributed by atoms with van der Waals surface area (Å²) in [5.41, 5.74) is 2.28. The highest BCUT2D eigenvalue weighted by Crippen LogP contribution is 2.23. The van der Waals surface area contributed by atoms with Gasteiger partial charge in [-0.3, -0.25) is 4.79 Å². The van der Waals surface area contributed by atoms with Gasteiger partial charge in [-0.1, -0.05) is 19.4 Å². The van der Waals surface area contributed by atoms with E-state index in [4.69, 9.17) is 9.47 Å². The number of rotatable bonds is 10. The van der Waals surface area contributed by atoms with Crippen LogP contribution in [0.5, 0.6) is 5.75 Å². The van der Waals surface area contributed by atoms with Crippen molar-refractivity contribution < 1.29 is 14.3 Å². The van der Waals surface area contributed by atoms with E-state index in [0.717, 1.165) is 34.7 Å². The summed E-state index contributed by atoms with van der Waals surface area (Å²) in [5, 5.41) is 2.95. The first-order valence-electron chi connectivity index (χ1n) is 8.96. The van der Waals surface area contributed by atoms with Crippen molar-refractivity contribution >= 4 is 23.4 Å². The van der Waals surface area contributed by atoms with Gasteiger partial charge in [0, 0.05) is 28.3 Å². The van der Waals surface area contributed by atoms with Gasteiger partial charge < -0.3 is 14.8 Å². The molecule has 0 radical (unpaired) electrons. The molecule has 0 saturated carbocycles. The SMILES string of the molecule is CCCCOCc1cc(C(=O)Nc2cccc(SC)c2)ccc1OCC. The first-order valence-corrected chi connectivity index (χ1v) is 10.2. The minimum Gasteiger partial charge on any atom is -0.494 e. The highest BCUT2D eigenvalue weighted by molar-refractivity contribution is 7.98. The summed E-state index contributed by atoms with van der Waals surface area (Å²) < 4.78 is 11.4. The van der Waals surface area contributed by atoms with Crippen LogP contribution < -0.4 is 10.1 Å². The molecule has 0 spiro atoms. The molecule has 0 saturated heterocycles. The van der Waals surface area contributed by atoms with Crippen LogP contribution in [0.15, 0.2) is 47.4 Å². The largest absolute Gasteiger partial charge is 0.494 e. The van der Waals surface area contributed by atoms with Gasteiger partial charge in [-0.15, -0.1) is 11.8 Å². The number of carbonyl (C=O) groups excluding carboxylic acids is 1. The van der Waals surface area contributed by atoms with E-state index in [-0.39, 0.29) is 5.91 Å². The van der Waals surface area contributed by atoms with Crippen LogP contribution in [-0.4, -0.2) is 25.4 Å². The van der Waals surface area contributed by atoms with Crippen LogP contribution in [0.3, 0.4) is 0 Å². The molecule has 0 aromatic heterocycles. The second-order valence-electron chi connectivity index (χ2n) is 5.85. The van der Waals surface area contributed by atoms with Gasteiger partial charge >= 0.3 is 0 Å². The monoisotopic (exact) mass is 373 g/mol. The number of benzene rings is 2. The number of unbranched alkanes of at least 4 members (excludes halogenated alkanes) is 1. The molecule has 0 bridgehead atoms. The van der Waals surface area contributed by atoms with Crippen LogP contribution in [0.25, 0.3) is 0 Å². The van der Waals surface area contributed by atoms with Gasteiger partial charge in [0.25, 0.3) is 5.91 Å². The first-order chi connectivity index (χ1) is 12.7. The third-order valence-electron chi connectivity index (χ3n) is 3.85. The molecule has 2 aromatic carbocycles. The smallest absolute Gasteiger partial charge is 0.255 e. The Balaban J connectivity index is 2.12. The molecule has 0 aliphatic rings. The minimum atomic E-state index is -0.138. The second-order valence-corrected chi connectivity index (χ2v) is 6.73. The molecule has 2 aromatic rings. The van der Waals surface area contributed by atoms with E-state index >= 15 is 0 Å². The Hall–Kier alpha value is -1.98. The Labute approximate surface area is 160 Å². The zero-order valence-corrected chi connectivity index (χ0v) is 16.5. The van der Waals surface area contributed by atoms with Crippen molar-refractivity contribution in [3.8, 4) is 5.75 Å². The fourth-order valence-electron chi connectivity index (χ4n) is 2.46. The van der Waals surface area contributed by atoms with E-state index in [2.05, 4.69) is 12.2 Å². The van der Waals surface area contributed by atoms with Gasteiger partial charge in [-0.05, 0) is 56.0 Å². The third kappa shape index (κ3) is 6.07. The summed E-state index contributed by atoms with van der Waals surface area (Å²) in [7, 11) is 0. The van der Waals surface area contributed by atoms with Gasteiger partial charge in [0.1, 0.15) is 5.75 Å². The summed E-state index contributed by atoms with van der Waals surface area (Å²) in [6.45, 7) is 5.81. The Bertz CT molecular complexity index is 718. The summed E-state index contributed by atoms with van der Waals surface area (Å²) in [6.07, 6.45) is 4.13. The molecule has 140 valence electrons. The van der Waals surface area contributed by atoms with E-state index in [1.165, 1.54) is 0 Å². The summed E-state index contributed by atoms with van der Waals surface area (Å²) in [6, 6.07) is 13.3. The zero-order chi connectivity index (χ0) is 18.8. The number of ether oxygens (including phenoxy) is 2. The van der Waals surface area contributed by atoms with E-state index in [1.807, 2.05) is 49.6 Å². The standard InChI is InChI=1S/C21H27NO3S/c1-4-6-12-24-15-17-13-16(10-11-20(17)25-5-2)21(23)22-18-8-7-9-19(14-18)26-3/h7-11,13-14H,4-6,12,15H2,1-3H3,(H,22,23). The lowest BCUT2D eigenvalue weighted by molar-refractivity contribution is 0.102. The lowest BCUT2D eigenvalue weighted by atomic mass is 10.1. The van der Waals surface area contributed by atoms with Gasteiger partial charge in [0.15, 0.2) is 0 Å². The molecule has 1 N–H and O–H groups in total. The second kappa shape index (κ2) is 10.9. The summed E-state index contributed by atoms with van der Waals surface area (Å²) in [4.78, 5) is 13.7. The minimum absolute atomic E-state index is 0.138. The molecule has 2 rings (SSSR count). The van der Waals surface area contributed by atoms with Crippen molar-refractivity contribution in [2.45, 2.75) is 38.2 Å². The van der Waals surface area contributed by atoms with E-state index in [0.29, 0.717) is 25.4 Å². The average Bonchev–Trinajstić information content (AvgIpc) is 2.66. The van der Waals surface area contributed by atoms with Gasteiger partial charge in [0.05, 0.1) is 13.2 Å². The van der Waals surface area contributed by atoms with Crippen molar-refractivity contribution in [1.29, 1.82) is 0 Å². The van der Waals surface area contributed by atoms with E-state index < -0.39 is 0 Å². The quantitative estimate of drug-likeness (QED) is 0.449. The topological polar surface area (TPSA) is 47.6 Å². The molecular formula is C21H27NO3S. The fourth-order valence-corrected chi connectivity index (χ4v) is 2.92. The molecule has 0 fully saturated rings. The molecule has 0 aliphatic heterocycles. The molecule has 0 atom stereocenters. The lowest BCUT2D eigenvalue weighted by Crippen LogP contribution is -2.13. The van der Waals surface area contributed by atoms with Gasteiger partial charge in [-0.2, -0.15) is 0 Å². The normalized spacial score (nSPS) is 10.6. The Morgan fingerprint density at radius 3 is 2.73 bits per heavy atom. The van der Waals surface area contributed by atoms with Crippen molar-refractivity contribution in [2.75, 3.05) is 24.8 Å². The lowest BCUT2D eigenvalue weighted by Gasteiger charge is -2.13. The average molecular weight is 374 g/mol. The molecule has 0 aliphatic carbocycles. The number of hydrogen-bond donors (Lipinski definition) is 1. The van der Waals surface area contributed by atoms with Gasteiger partial charge in [0.2, 0.25) is 0 Å². The van der Waals surface area contributed by atoms with Crippen LogP contribution >= 0.6 is 11.8 Å². The molecular weight excluding hydrogens is 346 g/mol. The maximum Gasteiger partial charge on any atom is 0.255 e. The Kier molecular flexibility index (Phi) is 8.51. The molecule has 26 heavy (non-hydrogen) atoms. The van der Waals surface area contributed by atoms with E-state index in [9.17, 15) is 4.79 Å². The van der Waals surface area contributed by atoms with Crippen LogP contribution in [-0.2, 0) is 11.3 Å².